The normalized spacial score (nSPS) is 11.4. The Morgan fingerprint density at radius 1 is 1.61 bits per heavy atom. The second-order valence-electron chi connectivity index (χ2n) is 3.84. The number of hydrogen-bond donors (Lipinski definition) is 2. The molecule has 18 heavy (non-hydrogen) atoms. The summed E-state index contributed by atoms with van der Waals surface area (Å²) in [6, 6.07) is 9.03. The van der Waals surface area contributed by atoms with Crippen molar-refractivity contribution in [3.63, 3.8) is 0 Å². The van der Waals surface area contributed by atoms with Gasteiger partial charge in [-0.3, -0.25) is 4.79 Å². The Kier molecular flexibility index (Phi) is 5.68. The zero-order chi connectivity index (χ0) is 13.4. The molecule has 0 aliphatic carbocycles. The van der Waals surface area contributed by atoms with Crippen LogP contribution in [0, 0.1) is 11.3 Å². The first-order chi connectivity index (χ1) is 8.65. The van der Waals surface area contributed by atoms with E-state index < -0.39 is 6.10 Å². The number of nitrogens with zero attached hydrogens (tertiary/aromatic N) is 1. The number of methoxy groups -OCH3 is 1. The van der Waals surface area contributed by atoms with Crippen LogP contribution in [-0.2, 0) is 9.53 Å². The molecule has 0 spiro atoms. The molecule has 0 amide bonds. The van der Waals surface area contributed by atoms with Gasteiger partial charge in [-0.05, 0) is 24.6 Å². The molecule has 96 valence electrons. The van der Waals surface area contributed by atoms with E-state index in [0.29, 0.717) is 18.5 Å². The highest BCUT2D eigenvalue weighted by Gasteiger charge is 2.08. The predicted molar refractivity (Wildman–Crippen MR) is 66.9 cm³/mol. The summed E-state index contributed by atoms with van der Waals surface area (Å²) >= 11 is 0. The summed E-state index contributed by atoms with van der Waals surface area (Å²) in [6.45, 7) is 0.325. The second-order valence-corrected chi connectivity index (χ2v) is 3.84. The number of carbonyl (C=O) groups excluding carboxylic acids is 1. The first kappa shape index (κ1) is 14.0. The van der Waals surface area contributed by atoms with Crippen LogP contribution in [0.1, 0.15) is 18.4 Å². The average molecular weight is 248 g/mol. The summed E-state index contributed by atoms with van der Waals surface area (Å²) in [5, 5.41) is 21.4. The number of anilines is 1. The molecular weight excluding hydrogens is 232 g/mol. The predicted octanol–water partition coefficient (Wildman–Crippen LogP) is 1.28. The Labute approximate surface area is 106 Å². The van der Waals surface area contributed by atoms with Gasteiger partial charge in [-0.25, -0.2) is 0 Å². The van der Waals surface area contributed by atoms with E-state index in [0.717, 1.165) is 5.69 Å². The van der Waals surface area contributed by atoms with Crippen LogP contribution in [-0.4, -0.2) is 30.8 Å². The largest absolute Gasteiger partial charge is 0.469 e. The van der Waals surface area contributed by atoms with E-state index in [9.17, 15) is 9.90 Å². The molecule has 1 aromatic rings. The maximum atomic E-state index is 10.9. The Morgan fingerprint density at radius 2 is 2.39 bits per heavy atom. The molecule has 2 N–H and O–H groups in total. The monoisotopic (exact) mass is 248 g/mol. The molecule has 0 saturated carbocycles. The molecule has 0 saturated heterocycles. The van der Waals surface area contributed by atoms with Crippen LogP contribution >= 0.6 is 0 Å². The number of hydrogen-bond acceptors (Lipinski definition) is 5. The Bertz CT molecular complexity index is 440. The lowest BCUT2D eigenvalue weighted by Crippen LogP contribution is -2.20. The zero-order valence-electron chi connectivity index (χ0n) is 10.2. The molecule has 0 heterocycles. The summed E-state index contributed by atoms with van der Waals surface area (Å²) < 4.78 is 4.49. The van der Waals surface area contributed by atoms with E-state index in [2.05, 4.69) is 10.1 Å². The molecule has 0 aliphatic heterocycles. The minimum atomic E-state index is -0.630. The third kappa shape index (κ3) is 4.85. The second kappa shape index (κ2) is 7.30. The van der Waals surface area contributed by atoms with E-state index in [1.165, 1.54) is 7.11 Å². The van der Waals surface area contributed by atoms with Gasteiger partial charge in [-0.2, -0.15) is 5.26 Å². The van der Waals surface area contributed by atoms with Crippen molar-refractivity contribution < 1.29 is 14.6 Å². The number of carbonyl (C=O) groups is 1. The fourth-order valence-electron chi connectivity index (χ4n) is 1.42. The summed E-state index contributed by atoms with van der Waals surface area (Å²) in [4.78, 5) is 10.9. The van der Waals surface area contributed by atoms with Gasteiger partial charge in [-0.1, -0.05) is 6.07 Å². The number of nitriles is 1. The van der Waals surface area contributed by atoms with Gasteiger partial charge in [0.15, 0.2) is 0 Å². The van der Waals surface area contributed by atoms with E-state index in [1.54, 1.807) is 18.2 Å². The van der Waals surface area contributed by atoms with Crippen LogP contribution in [0.3, 0.4) is 0 Å². The number of aliphatic hydroxyl groups is 1. The smallest absolute Gasteiger partial charge is 0.305 e. The lowest BCUT2D eigenvalue weighted by Gasteiger charge is -2.12. The summed E-state index contributed by atoms with van der Waals surface area (Å²) in [5.41, 5.74) is 1.33. The third-order valence-electron chi connectivity index (χ3n) is 2.44. The van der Waals surface area contributed by atoms with Crippen LogP contribution in [0.25, 0.3) is 0 Å². The molecule has 0 aromatic heterocycles. The van der Waals surface area contributed by atoms with Gasteiger partial charge in [0.1, 0.15) is 0 Å². The van der Waals surface area contributed by atoms with Crippen molar-refractivity contribution in [2.75, 3.05) is 19.0 Å². The van der Waals surface area contributed by atoms with Crippen LogP contribution < -0.4 is 5.32 Å². The maximum Gasteiger partial charge on any atom is 0.305 e. The lowest BCUT2D eigenvalue weighted by atomic mass is 10.2. The minimum absolute atomic E-state index is 0.192. The molecule has 0 bridgehead atoms. The summed E-state index contributed by atoms with van der Waals surface area (Å²) in [6.07, 6.45) is -0.0929. The van der Waals surface area contributed by atoms with Crippen LogP contribution in [0.15, 0.2) is 24.3 Å². The maximum absolute atomic E-state index is 10.9. The number of rotatable bonds is 6. The quantitative estimate of drug-likeness (QED) is 0.741. The molecule has 0 radical (unpaired) electrons. The number of ether oxygens (including phenoxy) is 1. The van der Waals surface area contributed by atoms with Gasteiger partial charge >= 0.3 is 5.97 Å². The summed E-state index contributed by atoms with van der Waals surface area (Å²) in [5.74, 6) is -0.333. The van der Waals surface area contributed by atoms with Gasteiger partial charge < -0.3 is 15.2 Å². The molecule has 1 rings (SSSR count). The van der Waals surface area contributed by atoms with Crippen LogP contribution in [0.2, 0.25) is 0 Å². The number of benzene rings is 1. The molecule has 1 unspecified atom stereocenters. The van der Waals surface area contributed by atoms with Gasteiger partial charge in [0.05, 0.1) is 24.8 Å². The van der Waals surface area contributed by atoms with Gasteiger partial charge in [0.2, 0.25) is 0 Å². The van der Waals surface area contributed by atoms with Crippen molar-refractivity contribution in [2.45, 2.75) is 18.9 Å². The van der Waals surface area contributed by atoms with Crippen molar-refractivity contribution in [2.24, 2.45) is 0 Å². The zero-order valence-corrected chi connectivity index (χ0v) is 10.2. The van der Waals surface area contributed by atoms with Crippen molar-refractivity contribution in [3.05, 3.63) is 29.8 Å². The van der Waals surface area contributed by atoms with E-state index in [4.69, 9.17) is 5.26 Å². The highest BCUT2D eigenvalue weighted by molar-refractivity contribution is 5.69. The lowest BCUT2D eigenvalue weighted by molar-refractivity contribution is -0.141. The minimum Gasteiger partial charge on any atom is -0.469 e. The molecule has 5 heteroatoms. The number of aliphatic hydroxyl groups excluding tert-OH is 1. The molecule has 1 atom stereocenters. The molecular formula is C13H16N2O3. The van der Waals surface area contributed by atoms with Crippen molar-refractivity contribution in [3.8, 4) is 6.07 Å². The highest BCUT2D eigenvalue weighted by atomic mass is 16.5. The standard InChI is InChI=1S/C13H16N2O3/c1-18-13(17)6-5-12(16)9-15-11-4-2-3-10(7-11)8-14/h2-4,7,12,15-16H,5-6,9H2,1H3. The third-order valence-corrected chi connectivity index (χ3v) is 2.44. The fourth-order valence-corrected chi connectivity index (χ4v) is 1.42. The average Bonchev–Trinajstić information content (AvgIpc) is 2.42. The molecule has 1 aromatic carbocycles. The van der Waals surface area contributed by atoms with Gasteiger partial charge in [0.25, 0.3) is 0 Å². The molecule has 0 fully saturated rings. The van der Waals surface area contributed by atoms with Crippen LogP contribution in [0.5, 0.6) is 0 Å². The first-order valence-corrected chi connectivity index (χ1v) is 5.64. The van der Waals surface area contributed by atoms with Gasteiger partial charge in [0, 0.05) is 18.7 Å². The Balaban J connectivity index is 2.35. The van der Waals surface area contributed by atoms with Crippen LogP contribution in [0.4, 0.5) is 5.69 Å². The Hall–Kier alpha value is -2.06. The van der Waals surface area contributed by atoms with Crippen molar-refractivity contribution in [1.82, 2.24) is 0 Å². The first-order valence-electron chi connectivity index (χ1n) is 5.64. The van der Waals surface area contributed by atoms with E-state index >= 15 is 0 Å². The number of esters is 1. The molecule has 0 aliphatic rings. The van der Waals surface area contributed by atoms with E-state index in [1.807, 2.05) is 12.1 Å². The Morgan fingerprint density at radius 3 is 3.06 bits per heavy atom. The highest BCUT2D eigenvalue weighted by Crippen LogP contribution is 2.10. The SMILES string of the molecule is COC(=O)CCC(O)CNc1cccc(C#N)c1. The van der Waals surface area contributed by atoms with Crippen molar-refractivity contribution >= 4 is 11.7 Å². The number of nitrogens with one attached hydrogen (secondary N) is 1. The summed E-state index contributed by atoms with van der Waals surface area (Å²) in [7, 11) is 1.32. The van der Waals surface area contributed by atoms with E-state index in [-0.39, 0.29) is 12.4 Å². The molecule has 5 nitrogen and oxygen atoms in total. The fraction of sp³-hybridized carbons (Fsp3) is 0.385. The topological polar surface area (TPSA) is 82.3 Å². The van der Waals surface area contributed by atoms with Crippen molar-refractivity contribution in [1.29, 1.82) is 5.26 Å². The van der Waals surface area contributed by atoms with Gasteiger partial charge in [-0.15, -0.1) is 0 Å².